The number of aromatic nitrogens is 4. The van der Waals surface area contributed by atoms with Gasteiger partial charge in [0.25, 0.3) is 0 Å². The van der Waals surface area contributed by atoms with Gasteiger partial charge >= 0.3 is 5.97 Å². The van der Waals surface area contributed by atoms with Crippen molar-refractivity contribution in [2.45, 2.75) is 19.9 Å². The number of anilines is 3. The Bertz CT molecular complexity index is 986. The molecule has 0 bridgehead atoms. The number of carbonyl (C=O) groups excluding carboxylic acids is 1. The summed E-state index contributed by atoms with van der Waals surface area (Å²) in [6.45, 7) is 3.46. The third-order valence-electron chi connectivity index (χ3n) is 4.69. The molecule has 0 unspecified atom stereocenters. The van der Waals surface area contributed by atoms with E-state index in [1.54, 1.807) is 25.0 Å². The topological polar surface area (TPSA) is 85.2 Å². The molecule has 1 aromatic carbocycles. The largest absolute Gasteiger partial charge is 0.461 e. The number of para-hydroxylation sites is 1. The highest BCUT2D eigenvalue weighted by molar-refractivity contribution is 5.89. The van der Waals surface area contributed by atoms with Crippen molar-refractivity contribution in [1.82, 2.24) is 19.7 Å². The van der Waals surface area contributed by atoms with E-state index in [9.17, 15) is 4.79 Å². The molecule has 1 N–H and O–H groups in total. The van der Waals surface area contributed by atoms with E-state index in [1.165, 1.54) is 0 Å². The molecule has 144 valence electrons. The van der Waals surface area contributed by atoms with Gasteiger partial charge in [0.15, 0.2) is 5.69 Å². The molecule has 0 spiro atoms. The van der Waals surface area contributed by atoms with Gasteiger partial charge in [0.2, 0.25) is 0 Å². The second kappa shape index (κ2) is 7.67. The maximum absolute atomic E-state index is 12.4. The third kappa shape index (κ3) is 3.53. The fourth-order valence-electron chi connectivity index (χ4n) is 3.41. The van der Waals surface area contributed by atoms with Crippen LogP contribution in [0.25, 0.3) is 0 Å². The second-order valence-corrected chi connectivity index (χ2v) is 6.54. The quantitative estimate of drug-likeness (QED) is 0.683. The van der Waals surface area contributed by atoms with E-state index >= 15 is 0 Å². The molecule has 0 saturated carbocycles. The molecule has 3 aromatic rings. The van der Waals surface area contributed by atoms with Crippen molar-refractivity contribution < 1.29 is 9.53 Å². The molecule has 0 fully saturated rings. The first kappa shape index (κ1) is 18.0. The molecule has 0 radical (unpaired) electrons. The number of esters is 1. The summed E-state index contributed by atoms with van der Waals surface area (Å²) < 4.78 is 6.83. The van der Waals surface area contributed by atoms with Crippen LogP contribution in [0.15, 0.2) is 42.7 Å². The number of hydrogen-bond donors (Lipinski definition) is 1. The summed E-state index contributed by atoms with van der Waals surface area (Å²) in [5.41, 5.74) is 3.32. The van der Waals surface area contributed by atoms with Crippen molar-refractivity contribution >= 4 is 23.3 Å². The highest BCUT2D eigenvalue weighted by Crippen LogP contribution is 2.27. The smallest absolute Gasteiger partial charge is 0.356 e. The lowest BCUT2D eigenvalue weighted by atomic mass is 10.1. The average Bonchev–Trinajstić information content (AvgIpc) is 3.04. The summed E-state index contributed by atoms with van der Waals surface area (Å²) in [6.07, 6.45) is 2.29. The van der Waals surface area contributed by atoms with Crippen molar-refractivity contribution in [3.8, 4) is 0 Å². The van der Waals surface area contributed by atoms with E-state index in [0.29, 0.717) is 18.8 Å². The summed E-state index contributed by atoms with van der Waals surface area (Å²) in [5.74, 6) is 1.19. The molecule has 0 aliphatic carbocycles. The van der Waals surface area contributed by atoms with Crippen molar-refractivity contribution in [2.24, 2.45) is 7.05 Å². The summed E-state index contributed by atoms with van der Waals surface area (Å²) in [6, 6.07) is 11.8. The zero-order chi connectivity index (χ0) is 19.5. The van der Waals surface area contributed by atoms with Gasteiger partial charge in [-0.05, 0) is 19.1 Å². The normalized spacial score (nSPS) is 13.1. The van der Waals surface area contributed by atoms with Crippen LogP contribution in [0.2, 0.25) is 0 Å². The van der Waals surface area contributed by atoms with Gasteiger partial charge in [0.05, 0.1) is 12.3 Å². The number of carbonyl (C=O) groups is 1. The molecule has 28 heavy (non-hydrogen) atoms. The average molecular weight is 378 g/mol. The van der Waals surface area contributed by atoms with Crippen LogP contribution in [0, 0.1) is 0 Å². The Morgan fingerprint density at radius 2 is 2.07 bits per heavy atom. The third-order valence-corrected chi connectivity index (χ3v) is 4.69. The van der Waals surface area contributed by atoms with Crippen molar-refractivity contribution in [1.29, 1.82) is 0 Å². The number of rotatable bonds is 5. The van der Waals surface area contributed by atoms with Crippen LogP contribution < -0.4 is 10.2 Å². The Morgan fingerprint density at radius 3 is 2.86 bits per heavy atom. The van der Waals surface area contributed by atoms with Gasteiger partial charge in [-0.3, -0.25) is 4.68 Å². The zero-order valence-electron chi connectivity index (χ0n) is 15.9. The fraction of sp³-hybridized carbons (Fsp3) is 0.300. The standard InChI is InChI=1S/C20H22N6O2/c1-3-28-20(27)19-15-12-26(10-9-16(15)24-25(19)2)18-11-17(21-13-22-18)23-14-7-5-4-6-8-14/h4-8,11,13H,3,9-10,12H2,1-2H3,(H,21,22,23). The zero-order valence-corrected chi connectivity index (χ0v) is 15.9. The SMILES string of the molecule is CCOC(=O)c1c2c(nn1C)CCN(c1cc(Nc3ccccc3)ncn1)C2. The molecule has 8 nitrogen and oxygen atoms in total. The highest BCUT2D eigenvalue weighted by Gasteiger charge is 2.28. The highest BCUT2D eigenvalue weighted by atomic mass is 16.5. The number of fused-ring (bicyclic) bond motifs is 1. The Hall–Kier alpha value is -3.42. The van der Waals surface area contributed by atoms with Gasteiger partial charge in [0, 0.05) is 43.9 Å². The lowest BCUT2D eigenvalue weighted by Crippen LogP contribution is -2.31. The van der Waals surface area contributed by atoms with E-state index < -0.39 is 0 Å². The Morgan fingerprint density at radius 1 is 1.25 bits per heavy atom. The number of nitrogens with one attached hydrogen (secondary N) is 1. The molecule has 1 aliphatic heterocycles. The molecule has 2 aromatic heterocycles. The Kier molecular flexibility index (Phi) is 4.92. The summed E-state index contributed by atoms with van der Waals surface area (Å²) in [7, 11) is 1.78. The van der Waals surface area contributed by atoms with E-state index in [2.05, 4.69) is 25.3 Å². The predicted octanol–water partition coefficient (Wildman–Crippen LogP) is 2.69. The molecule has 3 heterocycles. The van der Waals surface area contributed by atoms with Gasteiger partial charge in [-0.2, -0.15) is 5.10 Å². The van der Waals surface area contributed by atoms with Crippen LogP contribution in [0.1, 0.15) is 28.7 Å². The number of aryl methyl sites for hydroxylation is 1. The summed E-state index contributed by atoms with van der Waals surface area (Å²) in [5, 5.41) is 7.78. The van der Waals surface area contributed by atoms with Crippen molar-refractivity contribution in [3.05, 3.63) is 59.7 Å². The van der Waals surface area contributed by atoms with Crippen LogP contribution in [-0.2, 0) is 24.8 Å². The monoisotopic (exact) mass is 378 g/mol. The van der Waals surface area contributed by atoms with Gasteiger partial charge in [-0.15, -0.1) is 0 Å². The van der Waals surface area contributed by atoms with Gasteiger partial charge < -0.3 is 15.0 Å². The van der Waals surface area contributed by atoms with E-state index in [-0.39, 0.29) is 5.97 Å². The lowest BCUT2D eigenvalue weighted by Gasteiger charge is -2.27. The molecule has 8 heteroatoms. The first-order chi connectivity index (χ1) is 13.7. The minimum Gasteiger partial charge on any atom is -0.461 e. The van der Waals surface area contributed by atoms with Crippen molar-refractivity contribution in [3.63, 3.8) is 0 Å². The molecular formula is C20H22N6O2. The molecular weight excluding hydrogens is 356 g/mol. The molecule has 0 amide bonds. The number of hydrogen-bond acceptors (Lipinski definition) is 7. The maximum Gasteiger partial charge on any atom is 0.356 e. The van der Waals surface area contributed by atoms with Gasteiger partial charge in [0.1, 0.15) is 18.0 Å². The molecule has 4 rings (SSSR count). The van der Waals surface area contributed by atoms with Gasteiger partial charge in [-0.25, -0.2) is 14.8 Å². The van der Waals surface area contributed by atoms with Crippen molar-refractivity contribution in [2.75, 3.05) is 23.4 Å². The first-order valence-electron chi connectivity index (χ1n) is 9.26. The minimum absolute atomic E-state index is 0.336. The number of benzene rings is 1. The number of ether oxygens (including phenoxy) is 1. The van der Waals surface area contributed by atoms with E-state index in [4.69, 9.17) is 4.74 Å². The Balaban J connectivity index is 1.58. The summed E-state index contributed by atoms with van der Waals surface area (Å²) in [4.78, 5) is 23.2. The minimum atomic E-state index is -0.338. The fourth-order valence-corrected chi connectivity index (χ4v) is 3.41. The molecule has 0 atom stereocenters. The molecule has 0 saturated heterocycles. The lowest BCUT2D eigenvalue weighted by molar-refractivity contribution is 0.0512. The van der Waals surface area contributed by atoms with E-state index in [1.807, 2.05) is 36.4 Å². The first-order valence-corrected chi connectivity index (χ1v) is 9.26. The van der Waals surface area contributed by atoms with Crippen LogP contribution in [0.3, 0.4) is 0 Å². The summed E-state index contributed by atoms with van der Waals surface area (Å²) >= 11 is 0. The van der Waals surface area contributed by atoms with E-state index in [0.717, 1.165) is 41.5 Å². The van der Waals surface area contributed by atoms with Crippen LogP contribution >= 0.6 is 0 Å². The predicted molar refractivity (Wildman–Crippen MR) is 106 cm³/mol. The van der Waals surface area contributed by atoms with Crippen LogP contribution in [0.5, 0.6) is 0 Å². The number of nitrogens with zero attached hydrogens (tertiary/aromatic N) is 5. The van der Waals surface area contributed by atoms with Crippen LogP contribution in [-0.4, -0.2) is 38.9 Å². The second-order valence-electron chi connectivity index (χ2n) is 6.54. The van der Waals surface area contributed by atoms with Gasteiger partial charge in [-0.1, -0.05) is 18.2 Å². The maximum atomic E-state index is 12.4. The van der Waals surface area contributed by atoms with Crippen LogP contribution in [0.4, 0.5) is 17.3 Å². The molecule has 1 aliphatic rings. The Labute approximate surface area is 163 Å².